The molecule has 0 amide bonds. The van der Waals surface area contributed by atoms with Gasteiger partial charge in [-0.05, 0) is 0 Å². The highest BCUT2D eigenvalue weighted by Crippen LogP contribution is 2.14. The van der Waals surface area contributed by atoms with Crippen LogP contribution in [0.3, 0.4) is 0 Å². The summed E-state index contributed by atoms with van der Waals surface area (Å²) in [6.07, 6.45) is 0. The van der Waals surface area contributed by atoms with Crippen molar-refractivity contribution in [2.75, 3.05) is 0 Å². The summed E-state index contributed by atoms with van der Waals surface area (Å²) in [6, 6.07) is 7.04. The van der Waals surface area contributed by atoms with Crippen LogP contribution in [0.15, 0.2) is 30.3 Å². The number of amidine groups is 1. The van der Waals surface area contributed by atoms with Crippen LogP contribution in [0.5, 0.6) is 0 Å². The molecule has 0 aliphatic carbocycles. The van der Waals surface area contributed by atoms with E-state index >= 15 is 0 Å². The molecule has 1 aromatic rings. The fourth-order valence-corrected chi connectivity index (χ4v) is 1.05. The van der Waals surface area contributed by atoms with Gasteiger partial charge in [-0.25, -0.2) is 0 Å². The predicted molar refractivity (Wildman–Crippen MR) is 48.1 cm³/mol. The Hall–Kier alpha value is -1.91. The molecule has 0 radical (unpaired) electrons. The fourth-order valence-electron chi connectivity index (χ4n) is 1.05. The van der Waals surface area contributed by atoms with Crippen LogP contribution in [-0.4, -0.2) is 10.8 Å². The minimum Gasteiger partial charge on any atom is -0.382 e. The summed E-state index contributed by atoms with van der Waals surface area (Å²) in [5.74, 6) is -0.448. The van der Waals surface area contributed by atoms with Crippen molar-refractivity contribution in [3.63, 3.8) is 0 Å². The van der Waals surface area contributed by atoms with Crippen molar-refractivity contribution in [3.8, 4) is 0 Å². The predicted octanol–water partition coefficient (Wildman–Crippen LogP) is 0.940. The number of nitrogens with zero attached hydrogens (tertiary/aromatic N) is 1. The first-order valence-corrected chi connectivity index (χ1v) is 3.65. The number of nitrogens with one attached hydrogen (secondary N) is 1. The van der Waals surface area contributed by atoms with Crippen molar-refractivity contribution in [3.05, 3.63) is 46.0 Å². The van der Waals surface area contributed by atoms with E-state index in [1.54, 1.807) is 30.3 Å². The van der Waals surface area contributed by atoms with Gasteiger partial charge >= 0.3 is 0 Å². The summed E-state index contributed by atoms with van der Waals surface area (Å²) in [5, 5.41) is 17.6. The zero-order valence-electron chi connectivity index (χ0n) is 6.81. The van der Waals surface area contributed by atoms with Crippen LogP contribution in [0.2, 0.25) is 0 Å². The highest BCUT2D eigenvalue weighted by Gasteiger charge is 2.25. The van der Waals surface area contributed by atoms with Crippen LogP contribution < -0.4 is 5.73 Å². The number of rotatable bonds is 3. The Kier molecular flexibility index (Phi) is 2.59. The normalized spacial score (nSPS) is 12.0. The van der Waals surface area contributed by atoms with E-state index in [1.807, 2.05) is 0 Å². The zero-order valence-corrected chi connectivity index (χ0v) is 6.81. The van der Waals surface area contributed by atoms with Crippen molar-refractivity contribution in [1.29, 1.82) is 5.41 Å². The van der Waals surface area contributed by atoms with Gasteiger partial charge in [0.15, 0.2) is 5.84 Å². The Bertz CT molecular complexity index is 309. The maximum absolute atomic E-state index is 10.5. The van der Waals surface area contributed by atoms with Crippen molar-refractivity contribution in [2.45, 2.75) is 6.04 Å². The van der Waals surface area contributed by atoms with E-state index in [2.05, 4.69) is 0 Å². The van der Waals surface area contributed by atoms with E-state index in [0.717, 1.165) is 0 Å². The van der Waals surface area contributed by atoms with Crippen LogP contribution in [0.4, 0.5) is 0 Å². The second-order valence-electron chi connectivity index (χ2n) is 2.55. The first-order chi connectivity index (χ1) is 6.13. The van der Waals surface area contributed by atoms with Crippen molar-refractivity contribution < 1.29 is 4.92 Å². The quantitative estimate of drug-likeness (QED) is 0.313. The molecule has 0 saturated heterocycles. The Morgan fingerprint density at radius 1 is 1.46 bits per heavy atom. The first-order valence-electron chi connectivity index (χ1n) is 3.65. The second kappa shape index (κ2) is 3.66. The molecule has 0 fully saturated rings. The topological polar surface area (TPSA) is 93.0 Å². The van der Waals surface area contributed by atoms with E-state index in [9.17, 15) is 10.1 Å². The van der Waals surface area contributed by atoms with Gasteiger partial charge in [0, 0.05) is 10.5 Å². The molecule has 1 rings (SSSR count). The van der Waals surface area contributed by atoms with Gasteiger partial charge in [0.25, 0.3) is 6.04 Å². The summed E-state index contributed by atoms with van der Waals surface area (Å²) >= 11 is 0. The lowest BCUT2D eigenvalue weighted by atomic mass is 10.1. The molecule has 1 atom stereocenters. The van der Waals surface area contributed by atoms with Crippen molar-refractivity contribution >= 4 is 5.84 Å². The van der Waals surface area contributed by atoms with Gasteiger partial charge in [-0.2, -0.15) is 0 Å². The Morgan fingerprint density at radius 2 is 2.00 bits per heavy atom. The minimum absolute atomic E-state index is 0.431. The van der Waals surface area contributed by atoms with E-state index in [-0.39, 0.29) is 0 Å². The molecule has 5 nitrogen and oxygen atoms in total. The van der Waals surface area contributed by atoms with E-state index < -0.39 is 16.8 Å². The summed E-state index contributed by atoms with van der Waals surface area (Å²) in [5.41, 5.74) is 5.54. The van der Waals surface area contributed by atoms with E-state index in [1.165, 1.54) is 0 Å². The molecule has 0 saturated carbocycles. The molecule has 0 aliphatic heterocycles. The third kappa shape index (κ3) is 2.02. The molecule has 0 aromatic heterocycles. The highest BCUT2D eigenvalue weighted by molar-refractivity contribution is 5.82. The summed E-state index contributed by atoms with van der Waals surface area (Å²) in [7, 11) is 0. The molecule has 0 bridgehead atoms. The zero-order chi connectivity index (χ0) is 9.84. The maximum Gasteiger partial charge on any atom is 0.293 e. The van der Waals surface area contributed by atoms with E-state index in [0.29, 0.717) is 5.56 Å². The van der Waals surface area contributed by atoms with Gasteiger partial charge in [0.05, 0.1) is 0 Å². The first kappa shape index (κ1) is 9.18. The summed E-state index contributed by atoms with van der Waals surface area (Å²) in [6.45, 7) is 0. The molecule has 3 N–H and O–H groups in total. The Morgan fingerprint density at radius 3 is 2.38 bits per heavy atom. The molecule has 1 unspecified atom stereocenters. The lowest BCUT2D eigenvalue weighted by Crippen LogP contribution is -2.26. The van der Waals surface area contributed by atoms with Gasteiger partial charge in [0.2, 0.25) is 0 Å². The van der Waals surface area contributed by atoms with Crippen molar-refractivity contribution in [1.82, 2.24) is 0 Å². The van der Waals surface area contributed by atoms with Crippen LogP contribution >= 0.6 is 0 Å². The number of nitrogens with two attached hydrogens (primary N) is 1. The number of benzene rings is 1. The van der Waals surface area contributed by atoms with Crippen LogP contribution in [0.25, 0.3) is 0 Å². The standard InChI is InChI=1S/C8H9N3O2/c9-8(10)7(11(12)13)6-4-2-1-3-5-6/h1-5,7H,(H3,9,10). The monoisotopic (exact) mass is 179 g/mol. The average Bonchev–Trinajstić information content (AvgIpc) is 2.04. The maximum atomic E-state index is 10.5. The third-order valence-electron chi connectivity index (χ3n) is 1.62. The number of hydrogen-bond donors (Lipinski definition) is 2. The lowest BCUT2D eigenvalue weighted by molar-refractivity contribution is -0.509. The highest BCUT2D eigenvalue weighted by atomic mass is 16.6. The van der Waals surface area contributed by atoms with Gasteiger partial charge in [-0.1, -0.05) is 30.3 Å². The van der Waals surface area contributed by atoms with Crippen LogP contribution in [0.1, 0.15) is 11.6 Å². The molecular formula is C8H9N3O2. The summed E-state index contributed by atoms with van der Waals surface area (Å²) < 4.78 is 0. The van der Waals surface area contributed by atoms with Gasteiger partial charge in [-0.3, -0.25) is 15.5 Å². The Labute approximate surface area is 74.8 Å². The lowest BCUT2D eigenvalue weighted by Gasteiger charge is -2.06. The fraction of sp³-hybridized carbons (Fsp3) is 0.125. The largest absolute Gasteiger partial charge is 0.382 e. The molecule has 5 heteroatoms. The average molecular weight is 179 g/mol. The molecule has 0 heterocycles. The molecule has 13 heavy (non-hydrogen) atoms. The SMILES string of the molecule is N=C(N)C(c1ccccc1)[N+](=O)[O-]. The molecule has 0 aliphatic rings. The molecule has 68 valence electrons. The second-order valence-corrected chi connectivity index (χ2v) is 2.55. The Balaban J connectivity index is 3.03. The summed E-state index contributed by atoms with van der Waals surface area (Å²) in [4.78, 5) is 9.95. The van der Waals surface area contributed by atoms with E-state index in [4.69, 9.17) is 11.1 Å². The van der Waals surface area contributed by atoms with Crippen molar-refractivity contribution in [2.24, 2.45) is 5.73 Å². The van der Waals surface area contributed by atoms with Gasteiger partial charge in [0.1, 0.15) is 0 Å². The smallest absolute Gasteiger partial charge is 0.293 e. The minimum atomic E-state index is -1.22. The molecule has 0 spiro atoms. The third-order valence-corrected chi connectivity index (χ3v) is 1.62. The number of hydrogen-bond acceptors (Lipinski definition) is 3. The molecular weight excluding hydrogens is 170 g/mol. The van der Waals surface area contributed by atoms with Gasteiger partial charge in [-0.15, -0.1) is 0 Å². The van der Waals surface area contributed by atoms with Crippen LogP contribution in [-0.2, 0) is 0 Å². The van der Waals surface area contributed by atoms with Crippen LogP contribution in [0, 0.1) is 15.5 Å². The number of nitro groups is 1. The van der Waals surface area contributed by atoms with Gasteiger partial charge < -0.3 is 5.73 Å². The molecule has 1 aromatic carbocycles.